The highest BCUT2D eigenvalue weighted by molar-refractivity contribution is 5.36. The average Bonchev–Trinajstić information content (AvgIpc) is 2.38. The molecule has 1 heterocycles. The molecule has 100 valence electrons. The van der Waals surface area contributed by atoms with Gasteiger partial charge in [0.2, 0.25) is 0 Å². The summed E-state index contributed by atoms with van der Waals surface area (Å²) in [6, 6.07) is 8.08. The van der Waals surface area contributed by atoms with E-state index >= 15 is 0 Å². The summed E-state index contributed by atoms with van der Waals surface area (Å²) in [4.78, 5) is 0. The van der Waals surface area contributed by atoms with Gasteiger partial charge in [-0.2, -0.15) is 0 Å². The van der Waals surface area contributed by atoms with Gasteiger partial charge in [-0.05, 0) is 30.4 Å². The zero-order valence-electron chi connectivity index (χ0n) is 11.2. The second kappa shape index (κ2) is 5.29. The van der Waals surface area contributed by atoms with Crippen molar-refractivity contribution in [2.75, 3.05) is 13.2 Å². The molecule has 2 atom stereocenters. The van der Waals surface area contributed by atoms with Gasteiger partial charge in [0.25, 0.3) is 0 Å². The zero-order valence-corrected chi connectivity index (χ0v) is 11.2. The predicted molar refractivity (Wildman–Crippen MR) is 72.6 cm³/mol. The Labute approximate surface area is 109 Å². The smallest absolute Gasteiger partial charge is 0.122 e. The fourth-order valence-corrected chi connectivity index (χ4v) is 2.50. The van der Waals surface area contributed by atoms with E-state index in [1.807, 2.05) is 32.0 Å². The first-order valence-corrected chi connectivity index (χ1v) is 6.65. The van der Waals surface area contributed by atoms with Crippen LogP contribution in [0, 0.1) is 11.3 Å². The SMILES string of the molecule is CC(C)C(O)CC1(CN)COc2ccccc2C1. The molecule has 1 aromatic rings. The molecule has 1 aromatic carbocycles. The minimum atomic E-state index is -0.317. The van der Waals surface area contributed by atoms with Gasteiger partial charge in [0.05, 0.1) is 12.7 Å². The molecule has 0 aromatic heterocycles. The van der Waals surface area contributed by atoms with Crippen molar-refractivity contribution in [1.29, 1.82) is 0 Å². The van der Waals surface area contributed by atoms with Gasteiger partial charge in [0.1, 0.15) is 5.75 Å². The minimum Gasteiger partial charge on any atom is -0.493 e. The van der Waals surface area contributed by atoms with Gasteiger partial charge in [0.15, 0.2) is 0 Å². The van der Waals surface area contributed by atoms with Gasteiger partial charge in [0, 0.05) is 12.0 Å². The molecule has 0 aliphatic carbocycles. The molecule has 3 heteroatoms. The number of nitrogens with two attached hydrogens (primary N) is 1. The molecule has 1 aliphatic heterocycles. The van der Waals surface area contributed by atoms with Crippen LogP contribution in [0.1, 0.15) is 25.8 Å². The van der Waals surface area contributed by atoms with Crippen molar-refractivity contribution < 1.29 is 9.84 Å². The zero-order chi connectivity index (χ0) is 13.2. The van der Waals surface area contributed by atoms with E-state index in [0.717, 1.165) is 12.2 Å². The molecule has 0 saturated carbocycles. The monoisotopic (exact) mass is 249 g/mol. The summed E-state index contributed by atoms with van der Waals surface area (Å²) < 4.78 is 5.82. The summed E-state index contributed by atoms with van der Waals surface area (Å²) in [7, 11) is 0. The normalized spacial score (nSPS) is 24.5. The number of para-hydroxylation sites is 1. The van der Waals surface area contributed by atoms with E-state index in [9.17, 15) is 5.11 Å². The lowest BCUT2D eigenvalue weighted by atomic mass is 9.74. The van der Waals surface area contributed by atoms with Crippen LogP contribution in [0.3, 0.4) is 0 Å². The quantitative estimate of drug-likeness (QED) is 0.858. The van der Waals surface area contributed by atoms with E-state index < -0.39 is 0 Å². The lowest BCUT2D eigenvalue weighted by Crippen LogP contribution is -2.44. The first kappa shape index (κ1) is 13.4. The molecule has 3 nitrogen and oxygen atoms in total. The van der Waals surface area contributed by atoms with Crippen LogP contribution in [0.2, 0.25) is 0 Å². The Morgan fingerprint density at radius 2 is 2.11 bits per heavy atom. The Balaban J connectivity index is 2.16. The summed E-state index contributed by atoms with van der Waals surface area (Å²) in [5, 5.41) is 10.1. The van der Waals surface area contributed by atoms with E-state index in [2.05, 4.69) is 6.07 Å². The van der Waals surface area contributed by atoms with Crippen molar-refractivity contribution in [3.63, 3.8) is 0 Å². The predicted octanol–water partition coefficient (Wildman–Crippen LogP) is 1.97. The maximum atomic E-state index is 10.1. The van der Waals surface area contributed by atoms with E-state index in [-0.39, 0.29) is 17.4 Å². The topological polar surface area (TPSA) is 55.5 Å². The highest BCUT2D eigenvalue weighted by atomic mass is 16.5. The van der Waals surface area contributed by atoms with Gasteiger partial charge in [-0.3, -0.25) is 0 Å². The maximum absolute atomic E-state index is 10.1. The first-order chi connectivity index (χ1) is 8.56. The van der Waals surface area contributed by atoms with Crippen LogP contribution in [0.15, 0.2) is 24.3 Å². The number of benzene rings is 1. The highest BCUT2D eigenvalue weighted by Gasteiger charge is 2.37. The van der Waals surface area contributed by atoms with E-state index in [4.69, 9.17) is 10.5 Å². The largest absolute Gasteiger partial charge is 0.493 e. The van der Waals surface area contributed by atoms with Crippen LogP contribution in [0.5, 0.6) is 5.75 Å². The molecule has 18 heavy (non-hydrogen) atoms. The van der Waals surface area contributed by atoms with Crippen LogP contribution in [0.25, 0.3) is 0 Å². The van der Waals surface area contributed by atoms with Gasteiger partial charge in [-0.15, -0.1) is 0 Å². The summed E-state index contributed by atoms with van der Waals surface area (Å²) in [5.74, 6) is 1.21. The Morgan fingerprint density at radius 1 is 1.39 bits per heavy atom. The average molecular weight is 249 g/mol. The van der Waals surface area contributed by atoms with Gasteiger partial charge in [-0.25, -0.2) is 0 Å². The molecule has 0 fully saturated rings. The lowest BCUT2D eigenvalue weighted by molar-refractivity contribution is 0.0300. The van der Waals surface area contributed by atoms with E-state index in [1.165, 1.54) is 5.56 Å². The molecule has 0 spiro atoms. The van der Waals surface area contributed by atoms with Crippen molar-refractivity contribution in [2.24, 2.45) is 17.1 Å². The molecular weight excluding hydrogens is 226 g/mol. The van der Waals surface area contributed by atoms with Crippen molar-refractivity contribution in [2.45, 2.75) is 32.8 Å². The molecule has 0 saturated heterocycles. The Hall–Kier alpha value is -1.06. The van der Waals surface area contributed by atoms with Crippen LogP contribution in [-0.4, -0.2) is 24.4 Å². The molecule has 0 bridgehead atoms. The second-order valence-corrected chi connectivity index (χ2v) is 5.79. The number of ether oxygens (including phenoxy) is 1. The third-order valence-corrected chi connectivity index (χ3v) is 3.92. The lowest BCUT2D eigenvalue weighted by Gasteiger charge is -2.39. The summed E-state index contributed by atoms with van der Waals surface area (Å²) in [6.45, 7) is 5.22. The molecule has 0 amide bonds. The number of rotatable bonds is 4. The van der Waals surface area contributed by atoms with Crippen LogP contribution >= 0.6 is 0 Å². The Morgan fingerprint density at radius 3 is 2.78 bits per heavy atom. The fourth-order valence-electron chi connectivity index (χ4n) is 2.50. The first-order valence-electron chi connectivity index (χ1n) is 6.65. The number of fused-ring (bicyclic) bond motifs is 1. The second-order valence-electron chi connectivity index (χ2n) is 5.79. The third kappa shape index (κ3) is 2.68. The summed E-state index contributed by atoms with van der Waals surface area (Å²) in [5.41, 5.74) is 7.02. The van der Waals surface area contributed by atoms with Gasteiger partial charge < -0.3 is 15.6 Å². The molecule has 2 rings (SSSR count). The van der Waals surface area contributed by atoms with Gasteiger partial charge in [-0.1, -0.05) is 32.0 Å². The number of hydrogen-bond acceptors (Lipinski definition) is 3. The number of aliphatic hydroxyl groups is 1. The van der Waals surface area contributed by atoms with Crippen molar-refractivity contribution in [1.82, 2.24) is 0 Å². The standard InChI is InChI=1S/C15H23NO2/c1-11(2)13(17)8-15(9-16)7-12-5-3-4-6-14(12)18-10-15/h3-6,11,13,17H,7-10,16H2,1-2H3. The van der Waals surface area contributed by atoms with Crippen molar-refractivity contribution >= 4 is 0 Å². The van der Waals surface area contributed by atoms with Crippen molar-refractivity contribution in [3.05, 3.63) is 29.8 Å². The minimum absolute atomic E-state index is 0.127. The Bertz CT molecular complexity index is 405. The number of aliphatic hydroxyl groups excluding tert-OH is 1. The third-order valence-electron chi connectivity index (χ3n) is 3.92. The molecule has 0 radical (unpaired) electrons. The highest BCUT2D eigenvalue weighted by Crippen LogP contribution is 2.37. The van der Waals surface area contributed by atoms with Crippen molar-refractivity contribution in [3.8, 4) is 5.75 Å². The molecular formula is C15H23NO2. The summed E-state index contributed by atoms with van der Waals surface area (Å²) >= 11 is 0. The van der Waals surface area contributed by atoms with Crippen LogP contribution in [0.4, 0.5) is 0 Å². The molecule has 1 aliphatic rings. The van der Waals surface area contributed by atoms with E-state index in [0.29, 0.717) is 19.6 Å². The van der Waals surface area contributed by atoms with Crippen LogP contribution < -0.4 is 10.5 Å². The summed E-state index contributed by atoms with van der Waals surface area (Å²) in [6.07, 6.45) is 1.28. The Kier molecular flexibility index (Phi) is 3.93. The number of hydrogen-bond donors (Lipinski definition) is 2. The van der Waals surface area contributed by atoms with E-state index in [1.54, 1.807) is 0 Å². The van der Waals surface area contributed by atoms with Gasteiger partial charge >= 0.3 is 0 Å². The maximum Gasteiger partial charge on any atom is 0.122 e. The fraction of sp³-hybridized carbons (Fsp3) is 0.600. The molecule has 2 unspecified atom stereocenters. The molecule has 3 N–H and O–H groups in total. The van der Waals surface area contributed by atoms with Crippen LogP contribution in [-0.2, 0) is 6.42 Å².